The van der Waals surface area contributed by atoms with Crippen LogP contribution in [0.2, 0.25) is 0 Å². The van der Waals surface area contributed by atoms with Crippen molar-refractivity contribution in [3.05, 3.63) is 24.3 Å². The number of carbonyl (C=O) groups is 1. The van der Waals surface area contributed by atoms with E-state index in [2.05, 4.69) is 10.6 Å². The molecule has 0 heterocycles. The molecule has 2 unspecified atom stereocenters. The summed E-state index contributed by atoms with van der Waals surface area (Å²) in [7, 11) is 0. The highest BCUT2D eigenvalue weighted by atomic mass is 19.4. The van der Waals surface area contributed by atoms with E-state index >= 15 is 0 Å². The molecule has 1 aromatic rings. The van der Waals surface area contributed by atoms with Gasteiger partial charge in [-0.1, -0.05) is 32.1 Å². The molecular weight excluding hydrogens is 341 g/mol. The summed E-state index contributed by atoms with van der Waals surface area (Å²) in [4.78, 5) is 12.4. The van der Waals surface area contributed by atoms with Crippen molar-refractivity contribution in [2.45, 2.75) is 70.0 Å². The monoisotopic (exact) mass is 368 g/mol. The number of carbonyl (C=O) groups excluding carboxylic acids is 1. The van der Waals surface area contributed by atoms with Gasteiger partial charge in [0, 0.05) is 23.3 Å². The molecule has 0 spiro atoms. The second-order valence-electron chi connectivity index (χ2n) is 7.58. The number of anilines is 2. The van der Waals surface area contributed by atoms with Crippen LogP contribution in [0, 0.1) is 11.8 Å². The Labute approximate surface area is 152 Å². The lowest BCUT2D eigenvalue weighted by Gasteiger charge is -2.32. The van der Waals surface area contributed by atoms with Gasteiger partial charge in [0.25, 0.3) is 0 Å². The van der Waals surface area contributed by atoms with Crippen molar-refractivity contribution in [3.8, 4) is 0 Å². The van der Waals surface area contributed by atoms with Gasteiger partial charge in [0.1, 0.15) is 0 Å². The van der Waals surface area contributed by atoms with E-state index in [9.17, 15) is 18.0 Å². The lowest BCUT2D eigenvalue weighted by atomic mass is 9.78. The molecule has 2 aliphatic rings. The largest absolute Gasteiger partial charge is 0.392 e. The van der Waals surface area contributed by atoms with E-state index in [1.165, 1.54) is 32.1 Å². The average Bonchev–Trinajstić information content (AvgIpc) is 2.63. The van der Waals surface area contributed by atoms with Crippen LogP contribution >= 0.6 is 0 Å². The smallest absolute Gasteiger partial charge is 0.382 e. The molecule has 2 saturated carbocycles. The number of halogens is 3. The Kier molecular flexibility index (Phi) is 6.09. The van der Waals surface area contributed by atoms with Crippen LogP contribution in [0.15, 0.2) is 24.3 Å². The second kappa shape index (κ2) is 8.31. The maximum atomic E-state index is 13.2. The Bertz CT molecular complexity index is 594. The van der Waals surface area contributed by atoms with Crippen LogP contribution in [0.3, 0.4) is 0 Å². The summed E-state index contributed by atoms with van der Waals surface area (Å²) in [6.45, 7) is 0. The summed E-state index contributed by atoms with van der Waals surface area (Å²) in [6, 6.07) is 7.76. The first-order chi connectivity index (χ1) is 12.4. The topological polar surface area (TPSA) is 41.1 Å². The molecule has 3 rings (SSSR count). The summed E-state index contributed by atoms with van der Waals surface area (Å²) < 4.78 is 39.5. The normalized spacial score (nSPS) is 24.9. The predicted molar refractivity (Wildman–Crippen MR) is 97.1 cm³/mol. The van der Waals surface area contributed by atoms with Crippen molar-refractivity contribution in [2.75, 3.05) is 10.6 Å². The fourth-order valence-corrected chi connectivity index (χ4v) is 4.20. The molecule has 0 radical (unpaired) electrons. The summed E-state index contributed by atoms with van der Waals surface area (Å²) in [5.41, 5.74) is 1.54. The fraction of sp³-hybridized carbons (Fsp3) is 0.650. The molecule has 2 atom stereocenters. The van der Waals surface area contributed by atoms with Crippen molar-refractivity contribution in [1.82, 2.24) is 0 Å². The van der Waals surface area contributed by atoms with E-state index in [-0.39, 0.29) is 6.42 Å². The molecule has 1 amide bonds. The highest BCUT2D eigenvalue weighted by molar-refractivity contribution is 5.93. The average molecular weight is 368 g/mol. The summed E-state index contributed by atoms with van der Waals surface area (Å²) in [5.74, 6) is -3.02. The fourth-order valence-electron chi connectivity index (χ4n) is 4.20. The Balaban J connectivity index is 1.58. The van der Waals surface area contributed by atoms with Crippen molar-refractivity contribution >= 4 is 17.3 Å². The van der Waals surface area contributed by atoms with Crippen molar-refractivity contribution in [1.29, 1.82) is 0 Å². The van der Waals surface area contributed by atoms with Gasteiger partial charge in [0.05, 0.1) is 5.92 Å². The van der Waals surface area contributed by atoms with Crippen LogP contribution in [0.25, 0.3) is 0 Å². The third-order valence-electron chi connectivity index (χ3n) is 5.65. The zero-order valence-electron chi connectivity index (χ0n) is 14.9. The van der Waals surface area contributed by atoms with Gasteiger partial charge < -0.3 is 10.6 Å². The molecule has 26 heavy (non-hydrogen) atoms. The van der Waals surface area contributed by atoms with Crippen molar-refractivity contribution in [2.24, 2.45) is 11.8 Å². The molecule has 0 saturated heterocycles. The first-order valence-electron chi connectivity index (χ1n) is 9.67. The molecule has 1 aromatic carbocycles. The minimum Gasteiger partial charge on any atom is -0.382 e. The number of benzene rings is 1. The van der Waals surface area contributed by atoms with Crippen molar-refractivity contribution < 1.29 is 18.0 Å². The molecule has 2 aliphatic carbocycles. The first kappa shape index (κ1) is 19.1. The maximum Gasteiger partial charge on any atom is 0.392 e. The summed E-state index contributed by atoms with van der Waals surface area (Å²) in [5, 5.41) is 6.17. The van der Waals surface area contributed by atoms with E-state index < -0.39 is 23.9 Å². The number of nitrogens with one attached hydrogen (secondary N) is 2. The second-order valence-corrected chi connectivity index (χ2v) is 7.58. The number of hydrogen-bond acceptors (Lipinski definition) is 2. The Morgan fingerprint density at radius 2 is 1.42 bits per heavy atom. The van der Waals surface area contributed by atoms with Crippen LogP contribution in [0.4, 0.5) is 24.5 Å². The Hall–Kier alpha value is -1.72. The molecule has 3 nitrogen and oxygen atoms in total. The molecule has 0 aliphatic heterocycles. The minimum atomic E-state index is -4.31. The third-order valence-corrected chi connectivity index (χ3v) is 5.65. The highest BCUT2D eigenvalue weighted by Crippen LogP contribution is 2.41. The van der Waals surface area contributed by atoms with E-state index in [1.54, 1.807) is 12.1 Å². The number of rotatable bonds is 4. The molecule has 0 bridgehead atoms. The van der Waals surface area contributed by atoms with E-state index in [1.807, 2.05) is 12.1 Å². The van der Waals surface area contributed by atoms with E-state index in [0.717, 1.165) is 5.69 Å². The van der Waals surface area contributed by atoms with Gasteiger partial charge >= 0.3 is 6.18 Å². The maximum absolute atomic E-state index is 13.2. The Morgan fingerprint density at radius 3 is 2.08 bits per heavy atom. The van der Waals surface area contributed by atoms with E-state index in [0.29, 0.717) is 31.0 Å². The van der Waals surface area contributed by atoms with Crippen LogP contribution in [0.5, 0.6) is 0 Å². The van der Waals surface area contributed by atoms with Gasteiger partial charge in [-0.25, -0.2) is 0 Å². The summed E-state index contributed by atoms with van der Waals surface area (Å²) in [6.07, 6.45) is 3.37. The lowest BCUT2D eigenvalue weighted by Crippen LogP contribution is -2.39. The van der Waals surface area contributed by atoms with Crippen LogP contribution in [0.1, 0.15) is 57.8 Å². The first-order valence-corrected chi connectivity index (χ1v) is 9.67. The van der Waals surface area contributed by atoms with Gasteiger partial charge in [0.2, 0.25) is 5.91 Å². The van der Waals surface area contributed by atoms with Gasteiger partial charge in [-0.05, 0) is 49.9 Å². The van der Waals surface area contributed by atoms with Crippen LogP contribution < -0.4 is 10.6 Å². The minimum absolute atomic E-state index is 0.0475. The molecular formula is C20H27F3N2O. The van der Waals surface area contributed by atoms with E-state index in [4.69, 9.17) is 0 Å². The van der Waals surface area contributed by atoms with Gasteiger partial charge in [0.15, 0.2) is 0 Å². The lowest BCUT2D eigenvalue weighted by molar-refractivity contribution is -0.197. The molecule has 2 fully saturated rings. The molecule has 144 valence electrons. The van der Waals surface area contributed by atoms with Gasteiger partial charge in [-0.15, -0.1) is 0 Å². The molecule has 2 N–H and O–H groups in total. The predicted octanol–water partition coefficient (Wildman–Crippen LogP) is 5.74. The quantitative estimate of drug-likeness (QED) is 0.712. The zero-order valence-corrected chi connectivity index (χ0v) is 14.9. The summed E-state index contributed by atoms with van der Waals surface area (Å²) >= 11 is 0. The third kappa shape index (κ3) is 4.92. The van der Waals surface area contributed by atoms with Crippen LogP contribution in [-0.4, -0.2) is 18.1 Å². The molecule has 0 aromatic heterocycles. The van der Waals surface area contributed by atoms with Gasteiger partial charge in [-0.2, -0.15) is 13.2 Å². The number of amides is 1. The zero-order chi connectivity index (χ0) is 18.6. The van der Waals surface area contributed by atoms with Gasteiger partial charge in [-0.3, -0.25) is 4.79 Å². The highest BCUT2D eigenvalue weighted by Gasteiger charge is 2.48. The number of hydrogen-bond donors (Lipinski definition) is 2. The van der Waals surface area contributed by atoms with Crippen LogP contribution in [-0.2, 0) is 4.79 Å². The number of alkyl halides is 3. The Morgan fingerprint density at radius 1 is 0.846 bits per heavy atom. The van der Waals surface area contributed by atoms with Crippen molar-refractivity contribution in [3.63, 3.8) is 0 Å². The standard InChI is InChI=1S/C20H27F3N2O/c21-20(22,23)18-9-5-4-8-17(18)19(26)25-16-12-10-15(11-13-16)24-14-6-2-1-3-7-14/h10-14,17-18,24H,1-9H2,(H,25,26). The SMILES string of the molecule is O=C(Nc1ccc(NC2CCCCC2)cc1)C1CCCCC1C(F)(F)F. The molecule has 6 heteroatoms.